The minimum absolute atomic E-state index is 0.924. The van der Waals surface area contributed by atoms with Crippen LogP contribution in [0.1, 0.15) is 0 Å². The fourth-order valence-corrected chi connectivity index (χ4v) is 0.466. The first-order valence-electron chi connectivity index (χ1n) is 1.88. The maximum Gasteiger partial charge on any atom is 0.285 e. The summed E-state index contributed by atoms with van der Waals surface area (Å²) in [6, 6.07) is 0. The van der Waals surface area contributed by atoms with Crippen LogP contribution in [-0.4, -0.2) is 0 Å². The molecule has 0 aromatic carbocycles. The molecule has 0 nitrogen and oxygen atoms in total. The fourth-order valence-electron chi connectivity index (χ4n) is 0.166. The van der Waals surface area contributed by atoms with Gasteiger partial charge in [0, 0.05) is 0 Å². The van der Waals surface area contributed by atoms with Crippen molar-refractivity contribution in [2.24, 2.45) is 0 Å². The van der Waals surface area contributed by atoms with Crippen molar-refractivity contribution in [3.8, 4) is 0 Å². The van der Waals surface area contributed by atoms with Gasteiger partial charge in [-0.25, -0.2) is 0 Å². The van der Waals surface area contributed by atoms with E-state index in [2.05, 4.69) is 31.9 Å². The zero-order valence-electron chi connectivity index (χ0n) is 4.27. The molecule has 0 atom stereocenters. The van der Waals surface area contributed by atoms with Crippen LogP contribution >= 0.6 is 31.9 Å². The Bertz CT molecular complexity index is 165. The Morgan fingerprint density at radius 2 is 0.900 bits per heavy atom. The van der Waals surface area contributed by atoms with Gasteiger partial charge in [-0.3, -0.25) is 0 Å². The summed E-state index contributed by atoms with van der Waals surface area (Å²) in [6.07, 6.45) is -4.39. The van der Waals surface area contributed by atoms with Crippen molar-refractivity contribution in [3.63, 3.8) is 0 Å². The summed E-state index contributed by atoms with van der Waals surface area (Å²) in [4.78, 5) is 0. The smallest absolute Gasteiger partial charge is 0.172 e. The first kappa shape index (κ1) is 10.2. The molecule has 0 radical (unpaired) electrons. The Morgan fingerprint density at radius 1 is 0.700 bits per heavy atom. The van der Waals surface area contributed by atoms with Gasteiger partial charge in [-0.05, 0) is 31.9 Å². The van der Waals surface area contributed by atoms with Crippen LogP contribution in [0.25, 0.3) is 0 Å². The molecule has 10 heavy (non-hydrogen) atoms. The van der Waals surface area contributed by atoms with Gasteiger partial charge < -0.3 is 0 Å². The van der Waals surface area contributed by atoms with E-state index >= 15 is 0 Å². The van der Waals surface area contributed by atoms with Crippen LogP contribution in [0.3, 0.4) is 0 Å². The molecular formula is C4Br2F4. The van der Waals surface area contributed by atoms with Crippen LogP contribution in [0.15, 0.2) is 21.1 Å². The highest BCUT2D eigenvalue weighted by Crippen LogP contribution is 2.31. The van der Waals surface area contributed by atoms with Gasteiger partial charge in [0.05, 0.1) is 0 Å². The largest absolute Gasteiger partial charge is 0.285 e. The van der Waals surface area contributed by atoms with E-state index in [-0.39, 0.29) is 0 Å². The molecule has 0 fully saturated rings. The Morgan fingerprint density at radius 3 is 1.00 bits per heavy atom. The SMILES string of the molecule is FC(F)=C(Br)C(Br)=C(F)F. The summed E-state index contributed by atoms with van der Waals surface area (Å²) in [6.45, 7) is 0. The van der Waals surface area contributed by atoms with Gasteiger partial charge in [0.25, 0.3) is 12.2 Å². The molecule has 0 aromatic rings. The van der Waals surface area contributed by atoms with Gasteiger partial charge in [0.2, 0.25) is 0 Å². The highest BCUT2D eigenvalue weighted by Gasteiger charge is 2.11. The van der Waals surface area contributed by atoms with E-state index in [9.17, 15) is 17.6 Å². The molecule has 0 spiro atoms. The molecule has 0 saturated heterocycles. The van der Waals surface area contributed by atoms with Crippen LogP contribution in [0.4, 0.5) is 17.6 Å². The standard InChI is InChI=1S/C4Br2F4/c5-1(3(7)8)2(6)4(9)10. The van der Waals surface area contributed by atoms with E-state index in [1.807, 2.05) is 0 Å². The van der Waals surface area contributed by atoms with E-state index in [0.29, 0.717) is 0 Å². The number of allylic oxidation sites excluding steroid dienone is 2. The topological polar surface area (TPSA) is 0 Å². The summed E-state index contributed by atoms with van der Waals surface area (Å²) in [5, 5.41) is 0. The van der Waals surface area contributed by atoms with E-state index < -0.39 is 21.1 Å². The first-order chi connectivity index (χ1) is 4.46. The number of halogens is 6. The van der Waals surface area contributed by atoms with Crippen LogP contribution in [0, 0.1) is 0 Å². The summed E-state index contributed by atoms with van der Waals surface area (Å²) in [5.74, 6) is 0. The van der Waals surface area contributed by atoms with Gasteiger partial charge in [0.1, 0.15) is 8.96 Å². The third-order valence-corrected chi connectivity index (χ3v) is 2.45. The highest BCUT2D eigenvalue weighted by atomic mass is 79.9. The molecule has 0 unspecified atom stereocenters. The number of rotatable bonds is 1. The number of hydrogen-bond acceptors (Lipinski definition) is 0. The van der Waals surface area contributed by atoms with Gasteiger partial charge >= 0.3 is 0 Å². The lowest BCUT2D eigenvalue weighted by molar-refractivity contribution is 0.408. The minimum Gasteiger partial charge on any atom is -0.172 e. The van der Waals surface area contributed by atoms with Gasteiger partial charge in [-0.1, -0.05) is 0 Å². The third kappa shape index (κ3) is 2.83. The fraction of sp³-hybridized carbons (Fsp3) is 0. The van der Waals surface area contributed by atoms with E-state index in [0.717, 1.165) is 0 Å². The average Bonchev–Trinajstić information content (AvgIpc) is 1.84. The molecule has 58 valence electrons. The molecule has 0 rings (SSSR count). The lowest BCUT2D eigenvalue weighted by Gasteiger charge is -1.91. The Hall–Kier alpha value is 0.160. The van der Waals surface area contributed by atoms with E-state index in [4.69, 9.17) is 0 Å². The first-order valence-corrected chi connectivity index (χ1v) is 3.47. The second-order valence-corrected chi connectivity index (χ2v) is 2.73. The Kier molecular flexibility index (Phi) is 4.19. The predicted octanol–water partition coefficient (Wildman–Crippen LogP) is 3.99. The summed E-state index contributed by atoms with van der Waals surface area (Å²) >= 11 is 4.51. The highest BCUT2D eigenvalue weighted by molar-refractivity contribution is 9.15. The molecule has 0 aromatic heterocycles. The van der Waals surface area contributed by atoms with Crippen LogP contribution in [0.5, 0.6) is 0 Å². The maximum absolute atomic E-state index is 11.5. The van der Waals surface area contributed by atoms with Crippen LogP contribution in [-0.2, 0) is 0 Å². The molecule has 0 saturated carbocycles. The predicted molar refractivity (Wildman–Crippen MR) is 36.3 cm³/mol. The van der Waals surface area contributed by atoms with E-state index in [1.54, 1.807) is 0 Å². The van der Waals surface area contributed by atoms with Crippen molar-refractivity contribution in [2.45, 2.75) is 0 Å². The zero-order valence-corrected chi connectivity index (χ0v) is 7.44. The maximum atomic E-state index is 11.5. The normalized spacial score (nSPS) is 9.00. The van der Waals surface area contributed by atoms with Crippen molar-refractivity contribution in [2.75, 3.05) is 0 Å². The lowest BCUT2D eigenvalue weighted by Crippen LogP contribution is -1.74. The van der Waals surface area contributed by atoms with Gasteiger partial charge in [-0.15, -0.1) is 0 Å². The second-order valence-electron chi connectivity index (χ2n) is 1.15. The molecule has 0 N–H and O–H groups in total. The van der Waals surface area contributed by atoms with Crippen molar-refractivity contribution >= 4 is 31.9 Å². The molecule has 0 heterocycles. The van der Waals surface area contributed by atoms with Crippen LogP contribution in [0.2, 0.25) is 0 Å². The lowest BCUT2D eigenvalue weighted by atomic mass is 10.6. The molecule has 0 amide bonds. The Balaban J connectivity index is 4.71. The van der Waals surface area contributed by atoms with Crippen molar-refractivity contribution in [3.05, 3.63) is 21.1 Å². The molecule has 6 heteroatoms. The summed E-state index contributed by atoms with van der Waals surface area (Å²) in [5.41, 5.74) is 0. The second kappa shape index (κ2) is 4.12. The molecule has 0 bridgehead atoms. The monoisotopic (exact) mass is 282 g/mol. The van der Waals surface area contributed by atoms with Gasteiger partial charge in [-0.2, -0.15) is 17.6 Å². The molecule has 0 aliphatic heterocycles. The molecular weight excluding hydrogens is 284 g/mol. The van der Waals surface area contributed by atoms with Crippen molar-refractivity contribution < 1.29 is 17.6 Å². The minimum atomic E-state index is -2.19. The number of hydrogen-bond donors (Lipinski definition) is 0. The molecule has 0 aliphatic rings. The van der Waals surface area contributed by atoms with Crippen molar-refractivity contribution in [1.82, 2.24) is 0 Å². The molecule has 0 aliphatic carbocycles. The van der Waals surface area contributed by atoms with E-state index in [1.165, 1.54) is 0 Å². The van der Waals surface area contributed by atoms with Crippen LogP contribution < -0.4 is 0 Å². The third-order valence-electron chi connectivity index (χ3n) is 0.525. The summed E-state index contributed by atoms with van der Waals surface area (Å²) in [7, 11) is 0. The Labute approximate surface area is 70.9 Å². The quantitative estimate of drug-likeness (QED) is 0.504. The summed E-state index contributed by atoms with van der Waals surface area (Å²) < 4.78 is 44.1. The zero-order chi connectivity index (χ0) is 8.31. The van der Waals surface area contributed by atoms with Crippen molar-refractivity contribution in [1.29, 1.82) is 0 Å². The average molecular weight is 284 g/mol. The van der Waals surface area contributed by atoms with Gasteiger partial charge in [0.15, 0.2) is 0 Å².